The van der Waals surface area contributed by atoms with Gasteiger partial charge in [0.15, 0.2) is 0 Å². The first-order chi connectivity index (χ1) is 9.22. The first-order valence-electron chi connectivity index (χ1n) is 6.75. The average Bonchev–Trinajstić information content (AvgIpc) is 3.04. The third kappa shape index (κ3) is 2.82. The number of rotatable bonds is 4. The van der Waals surface area contributed by atoms with Crippen molar-refractivity contribution in [1.29, 1.82) is 0 Å². The van der Waals surface area contributed by atoms with E-state index >= 15 is 0 Å². The maximum absolute atomic E-state index is 5.97. The molecule has 0 fully saturated rings. The molecule has 3 rings (SSSR count). The molecular formula is C16H19NOS. The van der Waals surface area contributed by atoms with Gasteiger partial charge in [0, 0.05) is 23.9 Å². The fraction of sp³-hybridized carbons (Fsp3) is 0.375. The minimum atomic E-state index is 0.263. The van der Waals surface area contributed by atoms with Gasteiger partial charge in [-0.05, 0) is 36.9 Å². The van der Waals surface area contributed by atoms with E-state index in [0.29, 0.717) is 6.04 Å². The Hall–Kier alpha value is -1.32. The number of ether oxygens (including phenoxy) is 1. The molecule has 19 heavy (non-hydrogen) atoms. The zero-order valence-electron chi connectivity index (χ0n) is 11.3. The van der Waals surface area contributed by atoms with Gasteiger partial charge in [-0.15, -0.1) is 11.3 Å². The molecule has 0 bridgehead atoms. The Balaban J connectivity index is 1.56. The lowest BCUT2D eigenvalue weighted by atomic mass is 10.1. The van der Waals surface area contributed by atoms with Crippen LogP contribution in [0.4, 0.5) is 0 Å². The molecule has 0 radical (unpaired) electrons. The molecule has 100 valence electrons. The van der Waals surface area contributed by atoms with E-state index in [-0.39, 0.29) is 6.10 Å². The standard InChI is InChI=1S/C16H19NOS/c1-11-5-6-15-13(8-11)9-14(18-15)10-17-12(2)16-4-3-7-19-16/h3-8,12,14,17H,9-10H2,1-2H3/t12-,14?/m1/s1. The van der Waals surface area contributed by atoms with E-state index in [1.165, 1.54) is 16.0 Å². The molecule has 2 aromatic rings. The number of aryl methyl sites for hydroxylation is 1. The summed E-state index contributed by atoms with van der Waals surface area (Å²) in [5.41, 5.74) is 2.65. The van der Waals surface area contributed by atoms with Crippen molar-refractivity contribution < 1.29 is 4.74 Å². The van der Waals surface area contributed by atoms with E-state index in [9.17, 15) is 0 Å². The van der Waals surface area contributed by atoms with Crippen molar-refractivity contribution in [3.63, 3.8) is 0 Å². The molecule has 2 heterocycles. The highest BCUT2D eigenvalue weighted by Crippen LogP contribution is 2.29. The molecule has 0 amide bonds. The smallest absolute Gasteiger partial charge is 0.123 e. The van der Waals surface area contributed by atoms with Crippen LogP contribution in [0, 0.1) is 6.92 Å². The van der Waals surface area contributed by atoms with E-state index in [2.05, 4.69) is 54.9 Å². The van der Waals surface area contributed by atoms with Gasteiger partial charge in [0.1, 0.15) is 11.9 Å². The van der Waals surface area contributed by atoms with Crippen molar-refractivity contribution in [3.05, 3.63) is 51.7 Å². The average molecular weight is 273 g/mol. The van der Waals surface area contributed by atoms with E-state index in [4.69, 9.17) is 4.74 Å². The quantitative estimate of drug-likeness (QED) is 0.917. The molecule has 0 saturated carbocycles. The fourth-order valence-electron chi connectivity index (χ4n) is 2.51. The molecule has 1 unspecified atom stereocenters. The number of fused-ring (bicyclic) bond motifs is 1. The van der Waals surface area contributed by atoms with Gasteiger partial charge >= 0.3 is 0 Å². The maximum Gasteiger partial charge on any atom is 0.123 e. The molecule has 3 heteroatoms. The molecule has 1 aliphatic heterocycles. The van der Waals surface area contributed by atoms with Crippen LogP contribution in [-0.2, 0) is 6.42 Å². The number of hydrogen-bond acceptors (Lipinski definition) is 3. The molecule has 1 N–H and O–H groups in total. The number of hydrogen-bond donors (Lipinski definition) is 1. The Bertz CT molecular complexity index is 550. The van der Waals surface area contributed by atoms with Gasteiger partial charge in [0.05, 0.1) is 0 Å². The highest BCUT2D eigenvalue weighted by Gasteiger charge is 2.23. The van der Waals surface area contributed by atoms with Crippen LogP contribution in [-0.4, -0.2) is 12.6 Å². The Kier molecular flexibility index (Phi) is 3.58. The Morgan fingerprint density at radius 1 is 1.42 bits per heavy atom. The third-order valence-corrected chi connectivity index (χ3v) is 4.63. The second-order valence-corrected chi connectivity index (χ2v) is 6.18. The fourth-order valence-corrected chi connectivity index (χ4v) is 3.27. The highest BCUT2D eigenvalue weighted by atomic mass is 32.1. The van der Waals surface area contributed by atoms with Gasteiger partial charge in [0.25, 0.3) is 0 Å². The zero-order chi connectivity index (χ0) is 13.2. The molecule has 2 atom stereocenters. The van der Waals surface area contributed by atoms with Gasteiger partial charge < -0.3 is 10.1 Å². The lowest BCUT2D eigenvalue weighted by Crippen LogP contribution is -2.31. The number of thiophene rings is 1. The summed E-state index contributed by atoms with van der Waals surface area (Å²) in [4.78, 5) is 1.38. The summed E-state index contributed by atoms with van der Waals surface area (Å²) in [5, 5.41) is 5.69. The van der Waals surface area contributed by atoms with Gasteiger partial charge in [-0.1, -0.05) is 23.8 Å². The Morgan fingerprint density at radius 2 is 2.32 bits per heavy atom. The topological polar surface area (TPSA) is 21.3 Å². The van der Waals surface area contributed by atoms with Gasteiger partial charge in [0.2, 0.25) is 0 Å². The zero-order valence-corrected chi connectivity index (χ0v) is 12.2. The van der Waals surface area contributed by atoms with Crippen molar-refractivity contribution in [2.24, 2.45) is 0 Å². The number of nitrogens with one attached hydrogen (secondary N) is 1. The highest BCUT2D eigenvalue weighted by molar-refractivity contribution is 7.10. The predicted octanol–water partition coefficient (Wildman–Crippen LogP) is 3.71. The van der Waals surface area contributed by atoms with E-state index in [0.717, 1.165) is 18.7 Å². The molecule has 2 nitrogen and oxygen atoms in total. The first kappa shape index (κ1) is 12.7. The monoisotopic (exact) mass is 273 g/mol. The first-order valence-corrected chi connectivity index (χ1v) is 7.63. The summed E-state index contributed by atoms with van der Waals surface area (Å²) in [6.45, 7) is 5.23. The molecule has 0 spiro atoms. The van der Waals surface area contributed by atoms with Crippen LogP contribution in [0.25, 0.3) is 0 Å². The van der Waals surface area contributed by atoms with Gasteiger partial charge in [-0.2, -0.15) is 0 Å². The van der Waals surface area contributed by atoms with E-state index in [1.54, 1.807) is 11.3 Å². The van der Waals surface area contributed by atoms with Crippen LogP contribution in [0.5, 0.6) is 5.75 Å². The lowest BCUT2D eigenvalue weighted by Gasteiger charge is -2.16. The van der Waals surface area contributed by atoms with Crippen LogP contribution < -0.4 is 10.1 Å². The second kappa shape index (κ2) is 5.35. The van der Waals surface area contributed by atoms with Crippen LogP contribution in [0.1, 0.15) is 29.0 Å². The molecule has 0 saturated heterocycles. The summed E-state index contributed by atoms with van der Waals surface area (Å²) in [6, 6.07) is 11.1. The van der Waals surface area contributed by atoms with Crippen LogP contribution >= 0.6 is 11.3 Å². The summed E-state index contributed by atoms with van der Waals surface area (Å²) < 4.78 is 5.97. The largest absolute Gasteiger partial charge is 0.488 e. The molecule has 1 aromatic heterocycles. The normalized spacial score (nSPS) is 18.9. The van der Waals surface area contributed by atoms with Gasteiger partial charge in [-0.3, -0.25) is 0 Å². The van der Waals surface area contributed by atoms with Crippen molar-refractivity contribution in [2.45, 2.75) is 32.4 Å². The Morgan fingerprint density at radius 3 is 3.11 bits per heavy atom. The lowest BCUT2D eigenvalue weighted by molar-refractivity contribution is 0.223. The van der Waals surface area contributed by atoms with Crippen LogP contribution in [0.15, 0.2) is 35.7 Å². The third-order valence-electron chi connectivity index (χ3n) is 3.58. The minimum absolute atomic E-state index is 0.263. The summed E-state index contributed by atoms with van der Waals surface area (Å²) in [5.74, 6) is 1.06. The summed E-state index contributed by atoms with van der Waals surface area (Å²) in [7, 11) is 0. The molecule has 0 aliphatic carbocycles. The van der Waals surface area contributed by atoms with E-state index in [1.807, 2.05) is 0 Å². The van der Waals surface area contributed by atoms with Crippen LogP contribution in [0.2, 0.25) is 0 Å². The van der Waals surface area contributed by atoms with Crippen LogP contribution in [0.3, 0.4) is 0 Å². The van der Waals surface area contributed by atoms with Crippen molar-refractivity contribution in [3.8, 4) is 5.75 Å². The van der Waals surface area contributed by atoms with Crippen molar-refractivity contribution >= 4 is 11.3 Å². The van der Waals surface area contributed by atoms with Crippen molar-refractivity contribution in [2.75, 3.05) is 6.54 Å². The molecule has 1 aliphatic rings. The molecular weight excluding hydrogens is 254 g/mol. The van der Waals surface area contributed by atoms with Crippen molar-refractivity contribution in [1.82, 2.24) is 5.32 Å². The minimum Gasteiger partial charge on any atom is -0.488 e. The maximum atomic E-state index is 5.97. The predicted molar refractivity (Wildman–Crippen MR) is 80.0 cm³/mol. The second-order valence-electron chi connectivity index (χ2n) is 5.20. The summed E-state index contributed by atoms with van der Waals surface area (Å²) >= 11 is 1.80. The number of benzene rings is 1. The SMILES string of the molecule is Cc1ccc2c(c1)CC(CN[C@H](C)c1cccs1)O2. The Labute approximate surface area is 118 Å². The molecule has 1 aromatic carbocycles. The van der Waals surface area contributed by atoms with E-state index < -0.39 is 0 Å². The summed E-state index contributed by atoms with van der Waals surface area (Å²) in [6.07, 6.45) is 1.28. The van der Waals surface area contributed by atoms with Gasteiger partial charge in [-0.25, -0.2) is 0 Å².